The van der Waals surface area contributed by atoms with Crippen molar-refractivity contribution in [2.75, 3.05) is 25.6 Å². The molecule has 27 heavy (non-hydrogen) atoms. The summed E-state index contributed by atoms with van der Waals surface area (Å²) in [6, 6.07) is 8.42. The number of ether oxygens (including phenoxy) is 3. The maximum atomic E-state index is 10.0. The summed E-state index contributed by atoms with van der Waals surface area (Å²) in [5.41, 5.74) is 1.19. The third-order valence-electron chi connectivity index (χ3n) is 4.29. The summed E-state index contributed by atoms with van der Waals surface area (Å²) < 4.78 is 16.7. The highest BCUT2D eigenvalue weighted by Crippen LogP contribution is 2.37. The van der Waals surface area contributed by atoms with E-state index < -0.39 is 0 Å². The van der Waals surface area contributed by atoms with Crippen molar-refractivity contribution in [1.29, 1.82) is 0 Å². The molecule has 8 heteroatoms. The maximum Gasteiger partial charge on any atom is 0.145 e. The Hall–Kier alpha value is -2.77. The van der Waals surface area contributed by atoms with Crippen LogP contribution >= 0.6 is 11.6 Å². The van der Waals surface area contributed by atoms with Crippen LogP contribution in [0.3, 0.4) is 0 Å². The summed E-state index contributed by atoms with van der Waals surface area (Å²) in [7, 11) is 1.59. The summed E-state index contributed by atoms with van der Waals surface area (Å²) in [5, 5.41) is 14.4. The Morgan fingerprint density at radius 3 is 2.93 bits per heavy atom. The molecular weight excluding hydrogens is 370 g/mol. The highest BCUT2D eigenvalue weighted by Gasteiger charge is 2.21. The number of fused-ring (bicyclic) bond motifs is 1. The number of hydrogen-bond donors (Lipinski definition) is 2. The van der Waals surface area contributed by atoms with Gasteiger partial charge >= 0.3 is 0 Å². The zero-order valence-electron chi connectivity index (χ0n) is 14.6. The number of halogens is 1. The highest BCUT2D eigenvalue weighted by molar-refractivity contribution is 6.33. The van der Waals surface area contributed by atoms with Crippen molar-refractivity contribution in [2.24, 2.45) is 0 Å². The van der Waals surface area contributed by atoms with E-state index in [9.17, 15) is 5.11 Å². The van der Waals surface area contributed by atoms with Crippen LogP contribution in [0.25, 0.3) is 10.9 Å². The minimum Gasteiger partial charge on any atom is -0.508 e. The molecule has 0 aliphatic carbocycles. The van der Waals surface area contributed by atoms with E-state index in [4.69, 9.17) is 25.8 Å². The average Bonchev–Trinajstić information content (AvgIpc) is 3.16. The number of anilines is 2. The fourth-order valence-electron chi connectivity index (χ4n) is 2.97. The summed E-state index contributed by atoms with van der Waals surface area (Å²) >= 11 is 6.31. The molecule has 0 bridgehead atoms. The number of aromatic nitrogens is 2. The van der Waals surface area contributed by atoms with Gasteiger partial charge in [-0.25, -0.2) is 9.97 Å². The number of methoxy groups -OCH3 is 1. The van der Waals surface area contributed by atoms with Crippen molar-refractivity contribution < 1.29 is 19.3 Å². The lowest BCUT2D eigenvalue weighted by molar-refractivity contribution is 0.142. The number of hydrogen-bond acceptors (Lipinski definition) is 7. The minimum atomic E-state index is -0.0801. The molecule has 2 N–H and O–H groups in total. The van der Waals surface area contributed by atoms with E-state index in [1.165, 1.54) is 6.33 Å². The molecule has 3 aromatic rings. The van der Waals surface area contributed by atoms with Crippen LogP contribution in [0.4, 0.5) is 11.5 Å². The van der Waals surface area contributed by atoms with Crippen molar-refractivity contribution in [3.8, 4) is 17.2 Å². The Morgan fingerprint density at radius 2 is 2.15 bits per heavy atom. The quantitative estimate of drug-likeness (QED) is 0.686. The summed E-state index contributed by atoms with van der Waals surface area (Å²) in [4.78, 5) is 8.60. The van der Waals surface area contributed by atoms with E-state index in [1.807, 2.05) is 0 Å². The Balaban J connectivity index is 1.78. The number of phenolic OH excluding ortho intramolecular Hbond substituents is 1. The summed E-state index contributed by atoms with van der Waals surface area (Å²) in [6.45, 7) is 1.16. The zero-order chi connectivity index (χ0) is 18.8. The van der Waals surface area contributed by atoms with Crippen LogP contribution in [0.2, 0.25) is 5.02 Å². The van der Waals surface area contributed by atoms with E-state index in [1.54, 1.807) is 37.4 Å². The zero-order valence-corrected chi connectivity index (χ0v) is 15.4. The smallest absolute Gasteiger partial charge is 0.145 e. The molecule has 0 unspecified atom stereocenters. The van der Waals surface area contributed by atoms with Crippen molar-refractivity contribution in [2.45, 2.75) is 12.5 Å². The van der Waals surface area contributed by atoms with E-state index in [0.717, 1.165) is 6.42 Å². The third-order valence-corrected chi connectivity index (χ3v) is 4.62. The number of nitrogens with zero attached hydrogens (tertiary/aromatic N) is 2. The molecule has 0 spiro atoms. The van der Waals surface area contributed by atoms with Gasteiger partial charge in [-0.3, -0.25) is 0 Å². The van der Waals surface area contributed by atoms with Crippen LogP contribution in [-0.4, -0.2) is 41.5 Å². The lowest BCUT2D eigenvalue weighted by atomic mass is 10.2. The van der Waals surface area contributed by atoms with Gasteiger partial charge in [-0.05, 0) is 12.1 Å². The maximum absolute atomic E-state index is 10.0. The van der Waals surface area contributed by atoms with Crippen molar-refractivity contribution >= 4 is 34.0 Å². The lowest BCUT2D eigenvalue weighted by Gasteiger charge is -2.17. The largest absolute Gasteiger partial charge is 0.508 e. The molecule has 0 radical (unpaired) electrons. The van der Waals surface area contributed by atoms with Crippen molar-refractivity contribution in [3.63, 3.8) is 0 Å². The van der Waals surface area contributed by atoms with Gasteiger partial charge in [0.25, 0.3) is 0 Å². The molecule has 0 saturated carbocycles. The van der Waals surface area contributed by atoms with Gasteiger partial charge in [0.05, 0.1) is 41.9 Å². The Labute approximate surface area is 160 Å². The molecule has 2 aromatic carbocycles. The first kappa shape index (κ1) is 17.6. The first-order valence-corrected chi connectivity index (χ1v) is 8.84. The van der Waals surface area contributed by atoms with Crippen LogP contribution in [0.1, 0.15) is 6.42 Å². The molecule has 1 aliphatic rings. The Kier molecular flexibility index (Phi) is 4.87. The predicted octanol–water partition coefficient (Wildman–Crippen LogP) is 3.91. The van der Waals surface area contributed by atoms with Gasteiger partial charge < -0.3 is 24.6 Å². The number of benzene rings is 2. The molecule has 140 valence electrons. The molecule has 4 rings (SSSR count). The van der Waals surface area contributed by atoms with Crippen LogP contribution in [-0.2, 0) is 4.74 Å². The monoisotopic (exact) mass is 387 g/mol. The second-order valence-corrected chi connectivity index (χ2v) is 6.54. The normalized spacial score (nSPS) is 16.4. The molecule has 0 amide bonds. The van der Waals surface area contributed by atoms with Gasteiger partial charge in [-0.15, -0.1) is 0 Å². The molecule has 1 aromatic heterocycles. The fourth-order valence-corrected chi connectivity index (χ4v) is 3.13. The standard InChI is InChI=1S/C19H18ClN3O4/c1-25-12-2-3-14(20)15(8-12)23-19-18-16(21-10-22-19)6-11(24)7-17(18)27-13-4-5-26-9-13/h2-3,6-8,10,13,24H,4-5,9H2,1H3,(H,21,22,23)/t13-/m1/s1. The van der Waals surface area contributed by atoms with Crippen LogP contribution in [0, 0.1) is 0 Å². The second-order valence-electron chi connectivity index (χ2n) is 6.13. The van der Waals surface area contributed by atoms with Gasteiger partial charge in [0.1, 0.15) is 35.5 Å². The number of nitrogens with one attached hydrogen (secondary N) is 1. The Morgan fingerprint density at radius 1 is 1.26 bits per heavy atom. The molecule has 1 atom stereocenters. The van der Waals surface area contributed by atoms with Gasteiger partial charge in [0.15, 0.2) is 0 Å². The number of rotatable bonds is 5. The van der Waals surface area contributed by atoms with Gasteiger partial charge in [0.2, 0.25) is 0 Å². The van der Waals surface area contributed by atoms with Gasteiger partial charge in [-0.2, -0.15) is 0 Å². The van der Waals surface area contributed by atoms with E-state index in [0.29, 0.717) is 52.1 Å². The SMILES string of the molecule is COc1ccc(Cl)c(Nc2ncnc3cc(O)cc(O[C@@H]4CCOC4)c23)c1. The van der Waals surface area contributed by atoms with Crippen LogP contribution < -0.4 is 14.8 Å². The van der Waals surface area contributed by atoms with Gasteiger partial charge in [-0.1, -0.05) is 11.6 Å². The molecule has 1 saturated heterocycles. The molecule has 1 fully saturated rings. The lowest BCUT2D eigenvalue weighted by Crippen LogP contribution is -2.16. The van der Waals surface area contributed by atoms with Crippen LogP contribution in [0.5, 0.6) is 17.2 Å². The van der Waals surface area contributed by atoms with Crippen LogP contribution in [0.15, 0.2) is 36.7 Å². The average molecular weight is 388 g/mol. The predicted molar refractivity (Wildman–Crippen MR) is 102 cm³/mol. The minimum absolute atomic E-state index is 0.0699. The molecule has 7 nitrogen and oxygen atoms in total. The topological polar surface area (TPSA) is 85.7 Å². The Bertz CT molecular complexity index is 977. The summed E-state index contributed by atoms with van der Waals surface area (Å²) in [5.74, 6) is 1.74. The highest BCUT2D eigenvalue weighted by atomic mass is 35.5. The number of phenols is 1. The fraction of sp³-hybridized carbons (Fsp3) is 0.263. The molecule has 2 heterocycles. The number of aromatic hydroxyl groups is 1. The summed E-state index contributed by atoms with van der Waals surface area (Å²) in [6.07, 6.45) is 2.12. The third kappa shape index (κ3) is 3.70. The van der Waals surface area contributed by atoms with Crippen molar-refractivity contribution in [3.05, 3.63) is 41.7 Å². The van der Waals surface area contributed by atoms with E-state index in [2.05, 4.69) is 15.3 Å². The molecular formula is C19H18ClN3O4. The van der Waals surface area contributed by atoms with E-state index >= 15 is 0 Å². The first-order chi connectivity index (χ1) is 13.1. The first-order valence-electron chi connectivity index (χ1n) is 8.46. The molecule has 1 aliphatic heterocycles. The van der Waals surface area contributed by atoms with E-state index in [-0.39, 0.29) is 11.9 Å². The second kappa shape index (κ2) is 7.46. The van der Waals surface area contributed by atoms with Gasteiger partial charge in [0, 0.05) is 24.6 Å². The van der Waals surface area contributed by atoms with Crippen molar-refractivity contribution in [1.82, 2.24) is 9.97 Å².